The van der Waals surface area contributed by atoms with Crippen LogP contribution in [0.4, 0.5) is 0 Å². The number of thioether (sulfide) groups is 1. The Balaban J connectivity index is 0.00000162. The number of hydrogen-bond acceptors (Lipinski definition) is 5. The fourth-order valence-corrected chi connectivity index (χ4v) is 3.37. The Morgan fingerprint density at radius 3 is 2.95 bits per heavy atom. The van der Waals surface area contributed by atoms with E-state index in [1.807, 2.05) is 24.1 Å². The van der Waals surface area contributed by atoms with Crippen molar-refractivity contribution in [3.8, 4) is 0 Å². The molecule has 1 unspecified atom stereocenters. The second-order valence-electron chi connectivity index (χ2n) is 4.09. The van der Waals surface area contributed by atoms with Crippen LogP contribution in [0, 0.1) is 6.92 Å². The molecule has 1 aliphatic heterocycles. The number of nitrogens with zero attached hydrogens (tertiary/aromatic N) is 1. The van der Waals surface area contributed by atoms with E-state index < -0.39 is 0 Å². The maximum Gasteiger partial charge on any atom is 0.221 e. The summed E-state index contributed by atoms with van der Waals surface area (Å²) in [6, 6.07) is 0.326. The molecule has 1 amide bonds. The quantitative estimate of drug-likeness (QED) is 0.877. The maximum absolute atomic E-state index is 11.7. The molecule has 2 heterocycles. The van der Waals surface area contributed by atoms with E-state index in [4.69, 9.17) is 0 Å². The molecule has 2 N–H and O–H groups in total. The summed E-state index contributed by atoms with van der Waals surface area (Å²) < 4.78 is 0. The maximum atomic E-state index is 11.7. The smallest absolute Gasteiger partial charge is 0.221 e. The Hall–Kier alpha value is -0.0100. The highest BCUT2D eigenvalue weighted by atomic mass is 35.5. The minimum absolute atomic E-state index is 0. The number of rotatable bonds is 4. The van der Waals surface area contributed by atoms with Crippen molar-refractivity contribution < 1.29 is 4.79 Å². The molecule has 1 saturated heterocycles. The van der Waals surface area contributed by atoms with Crippen molar-refractivity contribution in [1.29, 1.82) is 0 Å². The predicted molar refractivity (Wildman–Crippen MR) is 86.9 cm³/mol. The van der Waals surface area contributed by atoms with Crippen molar-refractivity contribution in [1.82, 2.24) is 15.6 Å². The average molecular weight is 344 g/mol. The van der Waals surface area contributed by atoms with Gasteiger partial charge in [0.2, 0.25) is 5.91 Å². The lowest BCUT2D eigenvalue weighted by molar-refractivity contribution is -0.121. The third-order valence-corrected chi connectivity index (χ3v) is 4.63. The van der Waals surface area contributed by atoms with Gasteiger partial charge in [0, 0.05) is 41.6 Å². The van der Waals surface area contributed by atoms with Gasteiger partial charge in [-0.3, -0.25) is 4.79 Å². The van der Waals surface area contributed by atoms with Crippen molar-refractivity contribution in [3.05, 3.63) is 16.1 Å². The van der Waals surface area contributed by atoms with Crippen LogP contribution < -0.4 is 10.6 Å². The van der Waals surface area contributed by atoms with Gasteiger partial charge in [0.15, 0.2) is 0 Å². The summed E-state index contributed by atoms with van der Waals surface area (Å²) in [4.78, 5) is 16.0. The highest BCUT2D eigenvalue weighted by Crippen LogP contribution is 2.11. The number of aryl methyl sites for hydroxylation is 1. The Labute approximate surface area is 134 Å². The molecule has 1 aromatic heterocycles. The SMILES string of the molecule is Cc1csc(CNC(=O)CC2CSCCN2)n1.Cl.Cl. The molecule has 1 aromatic rings. The second-order valence-corrected chi connectivity index (χ2v) is 6.18. The standard InChI is InChI=1S/C11H17N3OS2.2ClH/c1-8-6-17-11(14-8)5-13-10(15)4-9-7-16-3-2-12-9;;/h6,9,12H,2-5,7H2,1H3,(H,13,15);2*1H. The molecule has 1 aliphatic rings. The molecular formula is C11H19Cl2N3OS2. The number of aromatic nitrogens is 1. The predicted octanol–water partition coefficient (Wildman–Crippen LogP) is 2.01. The van der Waals surface area contributed by atoms with Gasteiger partial charge in [-0.25, -0.2) is 4.98 Å². The zero-order valence-electron chi connectivity index (χ0n) is 10.7. The fourth-order valence-electron chi connectivity index (χ4n) is 1.70. The topological polar surface area (TPSA) is 54.0 Å². The Kier molecular flexibility index (Phi) is 9.82. The number of carbonyl (C=O) groups excluding carboxylic acids is 1. The Morgan fingerprint density at radius 1 is 1.58 bits per heavy atom. The van der Waals surface area contributed by atoms with Crippen molar-refractivity contribution in [2.45, 2.75) is 25.9 Å². The van der Waals surface area contributed by atoms with Gasteiger partial charge in [-0.15, -0.1) is 36.2 Å². The monoisotopic (exact) mass is 343 g/mol. The van der Waals surface area contributed by atoms with E-state index in [1.54, 1.807) is 11.3 Å². The first-order valence-corrected chi connectivity index (χ1v) is 7.76. The van der Waals surface area contributed by atoms with E-state index in [9.17, 15) is 4.79 Å². The van der Waals surface area contributed by atoms with Crippen LogP contribution in [0.1, 0.15) is 17.1 Å². The number of hydrogen-bond donors (Lipinski definition) is 2. The molecule has 4 nitrogen and oxygen atoms in total. The van der Waals surface area contributed by atoms with Crippen LogP contribution in [0.15, 0.2) is 5.38 Å². The minimum Gasteiger partial charge on any atom is -0.350 e. The number of nitrogens with one attached hydrogen (secondary N) is 2. The van der Waals surface area contributed by atoms with Gasteiger partial charge in [0.1, 0.15) is 5.01 Å². The summed E-state index contributed by atoms with van der Waals surface area (Å²) in [6.45, 7) is 3.52. The molecule has 0 aromatic carbocycles. The summed E-state index contributed by atoms with van der Waals surface area (Å²) in [5, 5.41) is 9.25. The molecule has 0 bridgehead atoms. The third kappa shape index (κ3) is 6.81. The van der Waals surface area contributed by atoms with E-state index in [-0.39, 0.29) is 30.7 Å². The summed E-state index contributed by atoms with van der Waals surface area (Å²) in [5.74, 6) is 2.29. The van der Waals surface area contributed by atoms with Gasteiger partial charge in [0.25, 0.3) is 0 Å². The van der Waals surface area contributed by atoms with Crippen LogP contribution in [0.25, 0.3) is 0 Å². The summed E-state index contributed by atoms with van der Waals surface area (Å²) >= 11 is 3.50. The minimum atomic E-state index is 0. The van der Waals surface area contributed by atoms with Gasteiger partial charge in [0.05, 0.1) is 6.54 Å². The van der Waals surface area contributed by atoms with Gasteiger partial charge >= 0.3 is 0 Å². The third-order valence-electron chi connectivity index (χ3n) is 2.53. The summed E-state index contributed by atoms with van der Waals surface area (Å²) in [7, 11) is 0. The van der Waals surface area contributed by atoms with Crippen molar-refractivity contribution in [2.75, 3.05) is 18.1 Å². The van der Waals surface area contributed by atoms with Gasteiger partial charge < -0.3 is 10.6 Å². The van der Waals surface area contributed by atoms with E-state index in [0.717, 1.165) is 28.8 Å². The molecule has 1 atom stereocenters. The van der Waals surface area contributed by atoms with E-state index in [0.29, 0.717) is 19.0 Å². The van der Waals surface area contributed by atoms with Crippen LogP contribution in [-0.2, 0) is 11.3 Å². The normalized spacial score (nSPS) is 18.1. The Morgan fingerprint density at radius 2 is 2.37 bits per heavy atom. The first-order valence-electron chi connectivity index (χ1n) is 5.73. The largest absolute Gasteiger partial charge is 0.350 e. The molecule has 2 rings (SSSR count). The van der Waals surface area contributed by atoms with Crippen LogP contribution >= 0.6 is 47.9 Å². The van der Waals surface area contributed by atoms with Crippen LogP contribution in [0.2, 0.25) is 0 Å². The lowest BCUT2D eigenvalue weighted by atomic mass is 10.2. The van der Waals surface area contributed by atoms with E-state index in [2.05, 4.69) is 15.6 Å². The van der Waals surface area contributed by atoms with Crippen molar-refractivity contribution >= 4 is 53.8 Å². The number of halogens is 2. The van der Waals surface area contributed by atoms with Crippen LogP contribution in [-0.4, -0.2) is 35.0 Å². The molecule has 110 valence electrons. The highest BCUT2D eigenvalue weighted by molar-refractivity contribution is 7.99. The highest BCUT2D eigenvalue weighted by Gasteiger charge is 2.16. The lowest BCUT2D eigenvalue weighted by Gasteiger charge is -2.22. The van der Waals surface area contributed by atoms with Crippen molar-refractivity contribution in [3.63, 3.8) is 0 Å². The zero-order chi connectivity index (χ0) is 12.1. The van der Waals surface area contributed by atoms with E-state index in [1.165, 1.54) is 0 Å². The fraction of sp³-hybridized carbons (Fsp3) is 0.636. The number of carbonyl (C=O) groups is 1. The average Bonchev–Trinajstić information content (AvgIpc) is 2.74. The molecule has 1 fully saturated rings. The molecule has 0 saturated carbocycles. The molecule has 8 heteroatoms. The van der Waals surface area contributed by atoms with Gasteiger partial charge in [-0.05, 0) is 6.92 Å². The van der Waals surface area contributed by atoms with Crippen molar-refractivity contribution in [2.24, 2.45) is 0 Å². The first-order chi connectivity index (χ1) is 8.24. The lowest BCUT2D eigenvalue weighted by Crippen LogP contribution is -2.41. The van der Waals surface area contributed by atoms with E-state index >= 15 is 0 Å². The Bertz CT molecular complexity index is 384. The molecule has 0 aliphatic carbocycles. The molecular weight excluding hydrogens is 325 g/mol. The molecule has 19 heavy (non-hydrogen) atoms. The number of amides is 1. The zero-order valence-corrected chi connectivity index (χ0v) is 13.9. The van der Waals surface area contributed by atoms with Gasteiger partial charge in [-0.1, -0.05) is 0 Å². The number of thiazole rings is 1. The summed E-state index contributed by atoms with van der Waals surface area (Å²) in [6.07, 6.45) is 0.567. The van der Waals surface area contributed by atoms with Gasteiger partial charge in [-0.2, -0.15) is 11.8 Å². The van der Waals surface area contributed by atoms with Crippen LogP contribution in [0.3, 0.4) is 0 Å². The van der Waals surface area contributed by atoms with Crippen LogP contribution in [0.5, 0.6) is 0 Å². The first kappa shape index (κ1) is 19.0. The summed E-state index contributed by atoms with van der Waals surface area (Å²) in [5.41, 5.74) is 1.02. The molecule has 0 radical (unpaired) electrons. The molecule has 0 spiro atoms. The second kappa shape index (κ2) is 9.83.